The van der Waals surface area contributed by atoms with Crippen molar-refractivity contribution in [1.82, 2.24) is 10.3 Å². The van der Waals surface area contributed by atoms with Crippen molar-refractivity contribution in [3.63, 3.8) is 0 Å². The van der Waals surface area contributed by atoms with Crippen LogP contribution in [0.5, 0.6) is 0 Å². The SMILES string of the molecule is CCCNc1ccc(C(=O)NCc2ccc(F)cc2)nc1. The first-order chi connectivity index (χ1) is 10.2. The van der Waals surface area contributed by atoms with E-state index in [2.05, 4.69) is 22.5 Å². The van der Waals surface area contributed by atoms with E-state index in [1.54, 1.807) is 24.4 Å². The summed E-state index contributed by atoms with van der Waals surface area (Å²) in [6, 6.07) is 9.52. The monoisotopic (exact) mass is 287 g/mol. The molecule has 4 nitrogen and oxygen atoms in total. The number of hydrogen-bond acceptors (Lipinski definition) is 3. The number of rotatable bonds is 6. The molecule has 21 heavy (non-hydrogen) atoms. The fourth-order valence-corrected chi connectivity index (χ4v) is 1.78. The number of nitrogens with zero attached hydrogens (tertiary/aromatic N) is 1. The van der Waals surface area contributed by atoms with Gasteiger partial charge >= 0.3 is 0 Å². The summed E-state index contributed by atoms with van der Waals surface area (Å²) in [5.74, 6) is -0.539. The van der Waals surface area contributed by atoms with E-state index in [9.17, 15) is 9.18 Å². The summed E-state index contributed by atoms with van der Waals surface area (Å²) in [6.07, 6.45) is 2.67. The highest BCUT2D eigenvalue weighted by Crippen LogP contribution is 2.07. The predicted octanol–water partition coefficient (Wildman–Crippen LogP) is 2.97. The Morgan fingerprint density at radius 2 is 1.95 bits per heavy atom. The van der Waals surface area contributed by atoms with Gasteiger partial charge in [0.25, 0.3) is 5.91 Å². The van der Waals surface area contributed by atoms with Crippen LogP contribution >= 0.6 is 0 Å². The highest BCUT2D eigenvalue weighted by Gasteiger charge is 2.06. The van der Waals surface area contributed by atoms with E-state index in [1.165, 1.54) is 12.1 Å². The first-order valence-electron chi connectivity index (χ1n) is 6.91. The maximum atomic E-state index is 12.8. The Morgan fingerprint density at radius 3 is 2.57 bits per heavy atom. The van der Waals surface area contributed by atoms with E-state index in [4.69, 9.17) is 0 Å². The van der Waals surface area contributed by atoms with E-state index < -0.39 is 0 Å². The smallest absolute Gasteiger partial charge is 0.270 e. The van der Waals surface area contributed by atoms with Gasteiger partial charge in [0.05, 0.1) is 11.9 Å². The lowest BCUT2D eigenvalue weighted by molar-refractivity contribution is 0.0946. The van der Waals surface area contributed by atoms with Crippen molar-refractivity contribution in [2.24, 2.45) is 0 Å². The van der Waals surface area contributed by atoms with Gasteiger partial charge in [-0.1, -0.05) is 19.1 Å². The van der Waals surface area contributed by atoms with Crippen molar-refractivity contribution in [3.05, 3.63) is 59.7 Å². The number of amides is 1. The zero-order valence-corrected chi connectivity index (χ0v) is 11.9. The molecule has 2 aromatic rings. The molecule has 0 spiro atoms. The van der Waals surface area contributed by atoms with Crippen LogP contribution in [0.3, 0.4) is 0 Å². The second-order valence-corrected chi connectivity index (χ2v) is 4.67. The zero-order chi connectivity index (χ0) is 15.1. The van der Waals surface area contributed by atoms with Crippen LogP contribution in [0.1, 0.15) is 29.4 Å². The molecule has 0 aliphatic rings. The molecule has 1 heterocycles. The minimum absolute atomic E-state index is 0.249. The van der Waals surface area contributed by atoms with E-state index in [0.717, 1.165) is 24.2 Å². The van der Waals surface area contributed by atoms with Crippen LogP contribution in [0, 0.1) is 5.82 Å². The number of hydrogen-bond donors (Lipinski definition) is 2. The summed E-state index contributed by atoms with van der Waals surface area (Å²) >= 11 is 0. The Morgan fingerprint density at radius 1 is 1.19 bits per heavy atom. The van der Waals surface area contributed by atoms with Crippen molar-refractivity contribution in [2.45, 2.75) is 19.9 Å². The summed E-state index contributed by atoms with van der Waals surface area (Å²) < 4.78 is 12.8. The first kappa shape index (κ1) is 15.0. The van der Waals surface area contributed by atoms with Gasteiger partial charge in [-0.3, -0.25) is 4.79 Å². The van der Waals surface area contributed by atoms with Crippen molar-refractivity contribution >= 4 is 11.6 Å². The second kappa shape index (κ2) is 7.38. The molecule has 2 N–H and O–H groups in total. The Hall–Kier alpha value is -2.43. The molecule has 0 atom stereocenters. The van der Waals surface area contributed by atoms with Crippen molar-refractivity contribution < 1.29 is 9.18 Å². The van der Waals surface area contributed by atoms with Crippen molar-refractivity contribution in [1.29, 1.82) is 0 Å². The van der Waals surface area contributed by atoms with Gasteiger partial charge in [-0.2, -0.15) is 0 Å². The lowest BCUT2D eigenvalue weighted by atomic mass is 10.2. The van der Waals surface area contributed by atoms with E-state index in [-0.39, 0.29) is 11.7 Å². The molecular weight excluding hydrogens is 269 g/mol. The quantitative estimate of drug-likeness (QED) is 0.859. The molecule has 1 aromatic carbocycles. The fourth-order valence-electron chi connectivity index (χ4n) is 1.78. The molecule has 5 heteroatoms. The molecule has 0 bridgehead atoms. The summed E-state index contributed by atoms with van der Waals surface area (Å²) in [6.45, 7) is 3.30. The molecule has 2 rings (SSSR count). The van der Waals surface area contributed by atoms with Crippen LogP contribution in [-0.2, 0) is 6.54 Å². The molecule has 0 unspecified atom stereocenters. The molecule has 1 aromatic heterocycles. The number of anilines is 1. The van der Waals surface area contributed by atoms with Gasteiger partial charge in [-0.15, -0.1) is 0 Å². The highest BCUT2D eigenvalue weighted by molar-refractivity contribution is 5.92. The van der Waals surface area contributed by atoms with Crippen LogP contribution in [0.4, 0.5) is 10.1 Å². The third-order valence-corrected chi connectivity index (χ3v) is 2.94. The van der Waals surface area contributed by atoms with Crippen LogP contribution in [0.15, 0.2) is 42.6 Å². The van der Waals surface area contributed by atoms with E-state index in [0.29, 0.717) is 12.2 Å². The summed E-state index contributed by atoms with van der Waals surface area (Å²) in [5.41, 5.74) is 2.09. The Kier molecular flexibility index (Phi) is 5.26. The van der Waals surface area contributed by atoms with Gasteiger partial charge in [0, 0.05) is 13.1 Å². The standard InChI is InChI=1S/C16H18FN3O/c1-2-9-18-14-7-8-15(19-11-14)16(21)20-10-12-3-5-13(17)6-4-12/h3-8,11,18H,2,9-10H2,1H3,(H,20,21). The maximum Gasteiger partial charge on any atom is 0.270 e. The second-order valence-electron chi connectivity index (χ2n) is 4.67. The number of pyridine rings is 1. The number of benzene rings is 1. The third-order valence-electron chi connectivity index (χ3n) is 2.94. The zero-order valence-electron chi connectivity index (χ0n) is 11.9. The number of carbonyl (C=O) groups is 1. The summed E-state index contributed by atoms with van der Waals surface area (Å²) in [4.78, 5) is 16.1. The number of nitrogens with one attached hydrogen (secondary N) is 2. The van der Waals surface area contributed by atoms with Gasteiger partial charge in [0.15, 0.2) is 0 Å². The predicted molar refractivity (Wildman–Crippen MR) is 80.6 cm³/mol. The molecular formula is C16H18FN3O. The lowest BCUT2D eigenvalue weighted by Gasteiger charge is -2.07. The van der Waals surface area contributed by atoms with Gasteiger partial charge < -0.3 is 10.6 Å². The maximum absolute atomic E-state index is 12.8. The molecule has 0 fully saturated rings. The highest BCUT2D eigenvalue weighted by atomic mass is 19.1. The van der Waals surface area contributed by atoms with Gasteiger partial charge in [-0.25, -0.2) is 9.37 Å². The molecule has 1 amide bonds. The molecule has 0 aliphatic heterocycles. The van der Waals surface area contributed by atoms with E-state index >= 15 is 0 Å². The third kappa shape index (κ3) is 4.56. The van der Waals surface area contributed by atoms with Crippen LogP contribution < -0.4 is 10.6 Å². The Balaban J connectivity index is 1.89. The molecule has 110 valence electrons. The van der Waals surface area contributed by atoms with Gasteiger partial charge in [0.2, 0.25) is 0 Å². The van der Waals surface area contributed by atoms with Crippen molar-refractivity contribution in [2.75, 3.05) is 11.9 Å². The average Bonchev–Trinajstić information content (AvgIpc) is 2.52. The summed E-state index contributed by atoms with van der Waals surface area (Å²) in [5, 5.41) is 5.95. The Bertz CT molecular complexity index is 581. The van der Waals surface area contributed by atoms with Gasteiger partial charge in [-0.05, 0) is 36.2 Å². The molecule has 0 saturated carbocycles. The number of carbonyl (C=O) groups excluding carboxylic acids is 1. The van der Waals surface area contributed by atoms with Crippen LogP contribution in [0.2, 0.25) is 0 Å². The number of aromatic nitrogens is 1. The molecule has 0 saturated heterocycles. The minimum atomic E-state index is -0.290. The first-order valence-corrected chi connectivity index (χ1v) is 6.91. The van der Waals surface area contributed by atoms with Crippen LogP contribution in [-0.4, -0.2) is 17.4 Å². The van der Waals surface area contributed by atoms with Gasteiger partial charge in [0.1, 0.15) is 11.5 Å². The average molecular weight is 287 g/mol. The number of halogens is 1. The minimum Gasteiger partial charge on any atom is -0.384 e. The Labute approximate surface area is 123 Å². The van der Waals surface area contributed by atoms with E-state index in [1.807, 2.05) is 6.07 Å². The lowest BCUT2D eigenvalue weighted by Crippen LogP contribution is -2.23. The normalized spacial score (nSPS) is 10.2. The topological polar surface area (TPSA) is 54.0 Å². The summed E-state index contributed by atoms with van der Waals surface area (Å²) in [7, 11) is 0. The molecule has 0 aliphatic carbocycles. The fraction of sp³-hybridized carbons (Fsp3) is 0.250. The molecule has 0 radical (unpaired) electrons. The van der Waals surface area contributed by atoms with Crippen LogP contribution in [0.25, 0.3) is 0 Å². The largest absolute Gasteiger partial charge is 0.384 e. The van der Waals surface area contributed by atoms with Crippen molar-refractivity contribution in [3.8, 4) is 0 Å².